The van der Waals surface area contributed by atoms with E-state index in [0.29, 0.717) is 17.1 Å². The lowest BCUT2D eigenvalue weighted by molar-refractivity contribution is -0.384. The van der Waals surface area contributed by atoms with E-state index >= 15 is 0 Å². The Morgan fingerprint density at radius 2 is 1.90 bits per heavy atom. The van der Waals surface area contributed by atoms with Crippen LogP contribution in [0.25, 0.3) is 0 Å². The highest BCUT2D eigenvalue weighted by molar-refractivity contribution is 6.30. The molecule has 0 aliphatic rings. The summed E-state index contributed by atoms with van der Waals surface area (Å²) in [5.41, 5.74) is 1.13. The van der Waals surface area contributed by atoms with Crippen LogP contribution >= 0.6 is 11.6 Å². The maximum Gasteiger partial charge on any atom is 0.270 e. The number of hydrogen-bond acceptors (Lipinski definition) is 3. The van der Waals surface area contributed by atoms with Crippen LogP contribution in [0.2, 0.25) is 5.02 Å². The van der Waals surface area contributed by atoms with Crippen molar-refractivity contribution < 1.29 is 9.72 Å². The van der Waals surface area contributed by atoms with E-state index in [1.165, 1.54) is 23.1 Å². The van der Waals surface area contributed by atoms with Crippen molar-refractivity contribution in [2.75, 3.05) is 7.05 Å². The number of nitro groups is 1. The van der Waals surface area contributed by atoms with Gasteiger partial charge < -0.3 is 4.90 Å². The highest BCUT2D eigenvalue weighted by Crippen LogP contribution is 2.16. The molecule has 0 atom stereocenters. The molecule has 0 bridgehead atoms. The molecule has 0 fully saturated rings. The van der Waals surface area contributed by atoms with Gasteiger partial charge >= 0.3 is 0 Å². The second kappa shape index (κ2) is 6.37. The van der Waals surface area contributed by atoms with Crippen LogP contribution < -0.4 is 0 Å². The van der Waals surface area contributed by atoms with Crippen molar-refractivity contribution in [1.82, 2.24) is 4.90 Å². The molecule has 0 aliphatic carbocycles. The summed E-state index contributed by atoms with van der Waals surface area (Å²) < 4.78 is 0. The molecule has 0 N–H and O–H groups in total. The number of nitro benzene ring substituents is 1. The number of amides is 1. The zero-order chi connectivity index (χ0) is 15.4. The van der Waals surface area contributed by atoms with Gasteiger partial charge in [-0.25, -0.2) is 0 Å². The highest BCUT2D eigenvalue weighted by Gasteiger charge is 2.15. The van der Waals surface area contributed by atoms with Crippen LogP contribution in [0.5, 0.6) is 0 Å². The molecular weight excluding hydrogens is 292 g/mol. The summed E-state index contributed by atoms with van der Waals surface area (Å²) in [6.45, 7) is 0.401. The summed E-state index contributed by atoms with van der Waals surface area (Å²) in [6, 6.07) is 12.9. The van der Waals surface area contributed by atoms with E-state index in [0.717, 1.165) is 5.56 Å². The average molecular weight is 305 g/mol. The number of non-ortho nitro benzene ring substituents is 1. The molecule has 108 valence electrons. The number of nitrogens with zero attached hydrogens (tertiary/aromatic N) is 2. The number of benzene rings is 2. The predicted molar refractivity (Wildman–Crippen MR) is 80.3 cm³/mol. The minimum atomic E-state index is -0.518. The molecule has 2 rings (SSSR count). The SMILES string of the molecule is CN(Cc1ccc(Cl)cc1)C(=O)c1cccc([N+](=O)[O-])c1. The molecule has 2 aromatic carbocycles. The van der Waals surface area contributed by atoms with E-state index in [9.17, 15) is 14.9 Å². The van der Waals surface area contributed by atoms with Gasteiger partial charge in [0.15, 0.2) is 0 Å². The first-order valence-electron chi connectivity index (χ1n) is 6.22. The highest BCUT2D eigenvalue weighted by atomic mass is 35.5. The minimum Gasteiger partial charge on any atom is -0.337 e. The van der Waals surface area contributed by atoms with Crippen molar-refractivity contribution >= 4 is 23.2 Å². The Balaban J connectivity index is 2.13. The summed E-state index contributed by atoms with van der Waals surface area (Å²) in [5, 5.41) is 11.4. The number of rotatable bonds is 4. The molecule has 21 heavy (non-hydrogen) atoms. The van der Waals surface area contributed by atoms with Crippen molar-refractivity contribution in [3.63, 3.8) is 0 Å². The van der Waals surface area contributed by atoms with Gasteiger partial charge in [0.25, 0.3) is 11.6 Å². The Bertz CT molecular complexity index is 671. The van der Waals surface area contributed by atoms with Crippen molar-refractivity contribution in [3.05, 3.63) is 74.8 Å². The molecule has 0 heterocycles. The zero-order valence-electron chi connectivity index (χ0n) is 11.3. The van der Waals surface area contributed by atoms with Gasteiger partial charge in [0.05, 0.1) is 4.92 Å². The van der Waals surface area contributed by atoms with E-state index in [-0.39, 0.29) is 11.6 Å². The maximum atomic E-state index is 12.3. The van der Waals surface area contributed by atoms with E-state index in [2.05, 4.69) is 0 Å². The first-order chi connectivity index (χ1) is 9.97. The number of carbonyl (C=O) groups excluding carboxylic acids is 1. The second-order valence-electron chi connectivity index (χ2n) is 4.60. The third-order valence-corrected chi connectivity index (χ3v) is 3.24. The fourth-order valence-corrected chi connectivity index (χ4v) is 2.03. The Morgan fingerprint density at radius 1 is 1.24 bits per heavy atom. The van der Waals surface area contributed by atoms with Crippen LogP contribution in [0.1, 0.15) is 15.9 Å². The zero-order valence-corrected chi connectivity index (χ0v) is 12.1. The average Bonchev–Trinajstić information content (AvgIpc) is 2.49. The van der Waals surface area contributed by atoms with Gasteiger partial charge in [0, 0.05) is 36.3 Å². The van der Waals surface area contributed by atoms with E-state index < -0.39 is 4.92 Å². The molecule has 1 amide bonds. The van der Waals surface area contributed by atoms with Crippen LogP contribution in [0.15, 0.2) is 48.5 Å². The Labute approximate surface area is 126 Å². The van der Waals surface area contributed by atoms with Gasteiger partial charge in [-0.15, -0.1) is 0 Å². The predicted octanol–water partition coefficient (Wildman–Crippen LogP) is 3.52. The smallest absolute Gasteiger partial charge is 0.270 e. The van der Waals surface area contributed by atoms with Crippen LogP contribution in [0.4, 0.5) is 5.69 Å². The van der Waals surface area contributed by atoms with Crippen LogP contribution in [0.3, 0.4) is 0 Å². The standard InChI is InChI=1S/C15H13ClN2O3/c1-17(10-11-5-7-13(16)8-6-11)15(19)12-3-2-4-14(9-12)18(20)21/h2-9H,10H2,1H3. The quantitative estimate of drug-likeness (QED) is 0.641. The van der Waals surface area contributed by atoms with Crippen molar-refractivity contribution in [2.45, 2.75) is 6.54 Å². The Hall–Kier alpha value is -2.40. The number of carbonyl (C=O) groups is 1. The third kappa shape index (κ3) is 3.79. The first-order valence-corrected chi connectivity index (χ1v) is 6.59. The Morgan fingerprint density at radius 3 is 2.52 bits per heavy atom. The number of hydrogen-bond donors (Lipinski definition) is 0. The molecule has 0 saturated heterocycles. The van der Waals surface area contributed by atoms with Crippen molar-refractivity contribution in [1.29, 1.82) is 0 Å². The third-order valence-electron chi connectivity index (χ3n) is 2.98. The normalized spacial score (nSPS) is 10.2. The minimum absolute atomic E-state index is 0.0965. The van der Waals surface area contributed by atoms with Crippen molar-refractivity contribution in [3.8, 4) is 0 Å². The number of halogens is 1. The van der Waals surface area contributed by atoms with E-state index in [1.54, 1.807) is 25.2 Å². The fourth-order valence-electron chi connectivity index (χ4n) is 1.91. The molecule has 0 aromatic heterocycles. The molecule has 5 nitrogen and oxygen atoms in total. The Kier molecular flexibility index (Phi) is 4.55. The monoisotopic (exact) mass is 304 g/mol. The molecule has 0 aliphatic heterocycles. The molecule has 0 radical (unpaired) electrons. The molecule has 2 aromatic rings. The molecule has 6 heteroatoms. The first kappa shape index (κ1) is 15.0. The van der Waals surface area contributed by atoms with E-state index in [4.69, 9.17) is 11.6 Å². The summed E-state index contributed by atoms with van der Waals surface area (Å²) in [4.78, 5) is 24.0. The van der Waals surface area contributed by atoms with Gasteiger partial charge in [-0.3, -0.25) is 14.9 Å². The van der Waals surface area contributed by atoms with Crippen LogP contribution in [0, 0.1) is 10.1 Å². The lowest BCUT2D eigenvalue weighted by Crippen LogP contribution is -2.26. The second-order valence-corrected chi connectivity index (χ2v) is 5.03. The van der Waals surface area contributed by atoms with Gasteiger partial charge in [-0.2, -0.15) is 0 Å². The molecule has 0 saturated carbocycles. The molecule has 0 spiro atoms. The largest absolute Gasteiger partial charge is 0.337 e. The summed E-state index contributed by atoms with van der Waals surface area (Å²) in [6.07, 6.45) is 0. The molecule has 0 unspecified atom stereocenters. The lowest BCUT2D eigenvalue weighted by atomic mass is 10.1. The molecular formula is C15H13ClN2O3. The van der Waals surface area contributed by atoms with Gasteiger partial charge in [0.1, 0.15) is 0 Å². The summed E-state index contributed by atoms with van der Waals surface area (Å²) >= 11 is 5.81. The lowest BCUT2D eigenvalue weighted by Gasteiger charge is -2.17. The van der Waals surface area contributed by atoms with Gasteiger partial charge in [-0.05, 0) is 23.8 Å². The summed E-state index contributed by atoms with van der Waals surface area (Å²) in [7, 11) is 1.65. The van der Waals surface area contributed by atoms with Gasteiger partial charge in [-0.1, -0.05) is 29.8 Å². The topological polar surface area (TPSA) is 63.5 Å². The van der Waals surface area contributed by atoms with Gasteiger partial charge in [0.2, 0.25) is 0 Å². The van der Waals surface area contributed by atoms with Crippen molar-refractivity contribution in [2.24, 2.45) is 0 Å². The van der Waals surface area contributed by atoms with E-state index in [1.807, 2.05) is 12.1 Å². The fraction of sp³-hybridized carbons (Fsp3) is 0.133. The van der Waals surface area contributed by atoms with Crippen LogP contribution in [-0.2, 0) is 6.54 Å². The summed E-state index contributed by atoms with van der Waals surface area (Å²) in [5.74, 6) is -0.270. The van der Waals surface area contributed by atoms with Crippen LogP contribution in [-0.4, -0.2) is 22.8 Å². The maximum absolute atomic E-state index is 12.3.